The van der Waals surface area contributed by atoms with E-state index in [2.05, 4.69) is 0 Å². The maximum Gasteiger partial charge on any atom is 0.462 e. The van der Waals surface area contributed by atoms with E-state index in [1.807, 2.05) is 13.8 Å². The molecule has 0 unspecified atom stereocenters. The molecule has 0 spiro atoms. The Balaban J connectivity index is 2.57. The largest absolute Gasteiger partial charge is 0.508 e. The predicted octanol–water partition coefficient (Wildman–Crippen LogP) is 5.65. The molecule has 1 aliphatic rings. The molecule has 1 aromatic carbocycles. The number of hydrogen-bond acceptors (Lipinski definition) is 6. The summed E-state index contributed by atoms with van der Waals surface area (Å²) in [5.41, 5.74) is 6.40. The summed E-state index contributed by atoms with van der Waals surface area (Å²) in [6.07, 6.45) is 0. The fourth-order valence-electron chi connectivity index (χ4n) is 5.24. The zero-order valence-corrected chi connectivity index (χ0v) is 23.0. The highest BCUT2D eigenvalue weighted by atomic mass is 19.1. The second-order valence-corrected chi connectivity index (χ2v) is 9.19. The third-order valence-electron chi connectivity index (χ3n) is 6.62. The Hall–Kier alpha value is -3.62. The SMILES string of the molecule is CCOC(=O)C1=C(C)/C(=C(\c2c(C)cc(O)cc2C)c2c(C)c(C(=O)OCC)c(C)n2B(C)F)N=C1C. The van der Waals surface area contributed by atoms with Crippen LogP contribution in [0, 0.1) is 27.7 Å². The van der Waals surface area contributed by atoms with Crippen molar-refractivity contribution in [3.63, 3.8) is 0 Å². The summed E-state index contributed by atoms with van der Waals surface area (Å²) in [5, 5.41) is 10.2. The van der Waals surface area contributed by atoms with Gasteiger partial charge < -0.3 is 23.4 Å². The zero-order chi connectivity index (χ0) is 27.8. The van der Waals surface area contributed by atoms with Crippen LogP contribution in [0.3, 0.4) is 0 Å². The normalized spacial score (nSPS) is 14.6. The van der Waals surface area contributed by atoms with Crippen molar-refractivity contribution in [1.29, 1.82) is 0 Å². The molecule has 1 aliphatic heterocycles. The predicted molar refractivity (Wildman–Crippen MR) is 144 cm³/mol. The molecule has 2 heterocycles. The van der Waals surface area contributed by atoms with Gasteiger partial charge in [-0.1, -0.05) is 0 Å². The van der Waals surface area contributed by atoms with Gasteiger partial charge in [0.25, 0.3) is 0 Å². The molecule has 0 radical (unpaired) electrons. The van der Waals surface area contributed by atoms with E-state index in [1.54, 1.807) is 53.7 Å². The molecule has 1 aromatic heterocycles. The van der Waals surface area contributed by atoms with Gasteiger partial charge in [-0.2, -0.15) is 0 Å². The molecular weight excluding hydrogens is 474 g/mol. The number of halogens is 1. The van der Waals surface area contributed by atoms with Gasteiger partial charge in [0.2, 0.25) is 0 Å². The van der Waals surface area contributed by atoms with Gasteiger partial charge in [0.15, 0.2) is 0 Å². The molecule has 0 fully saturated rings. The third-order valence-corrected chi connectivity index (χ3v) is 6.62. The average Bonchev–Trinajstić information content (AvgIpc) is 3.22. The van der Waals surface area contributed by atoms with E-state index in [9.17, 15) is 14.7 Å². The first-order chi connectivity index (χ1) is 17.4. The van der Waals surface area contributed by atoms with Crippen molar-refractivity contribution in [2.75, 3.05) is 13.2 Å². The van der Waals surface area contributed by atoms with Crippen LogP contribution in [-0.2, 0) is 14.3 Å². The summed E-state index contributed by atoms with van der Waals surface area (Å²) in [6.45, 7) is 15.9. The van der Waals surface area contributed by atoms with Crippen molar-refractivity contribution in [3.05, 3.63) is 68.2 Å². The number of hydrogen-bond donors (Lipinski definition) is 1. The van der Waals surface area contributed by atoms with E-state index in [-0.39, 0.29) is 19.0 Å². The first-order valence-corrected chi connectivity index (χ1v) is 12.4. The summed E-state index contributed by atoms with van der Waals surface area (Å²) in [6, 6.07) is 3.25. The van der Waals surface area contributed by atoms with Crippen LogP contribution >= 0.6 is 0 Å². The molecule has 0 aliphatic carbocycles. The Morgan fingerprint density at radius 2 is 1.51 bits per heavy atom. The molecule has 0 bridgehead atoms. The van der Waals surface area contributed by atoms with Gasteiger partial charge in [-0.3, -0.25) is 4.99 Å². The number of aryl methyl sites for hydroxylation is 2. The lowest BCUT2D eigenvalue weighted by atomic mass is 9.85. The topological polar surface area (TPSA) is 90.1 Å². The van der Waals surface area contributed by atoms with E-state index < -0.39 is 19.1 Å². The number of esters is 2. The first-order valence-electron chi connectivity index (χ1n) is 12.4. The second-order valence-electron chi connectivity index (χ2n) is 9.19. The number of aromatic nitrogens is 1. The lowest BCUT2D eigenvalue weighted by Crippen LogP contribution is -2.20. The number of phenolic OH excluding ortho intramolecular Hbond substituents is 1. The fourth-order valence-corrected chi connectivity index (χ4v) is 5.24. The minimum absolute atomic E-state index is 0.100. The Morgan fingerprint density at radius 3 is 2.03 bits per heavy atom. The zero-order valence-electron chi connectivity index (χ0n) is 23.0. The van der Waals surface area contributed by atoms with E-state index in [4.69, 9.17) is 14.5 Å². The van der Waals surface area contributed by atoms with Crippen molar-refractivity contribution in [2.45, 2.75) is 62.2 Å². The maximum atomic E-state index is 15.3. The van der Waals surface area contributed by atoms with Crippen molar-refractivity contribution < 1.29 is 28.5 Å². The number of aromatic hydroxyl groups is 1. The Labute approximate surface area is 217 Å². The molecule has 3 rings (SSSR count). The second kappa shape index (κ2) is 10.8. The highest BCUT2D eigenvalue weighted by molar-refractivity contribution is 6.48. The van der Waals surface area contributed by atoms with Crippen LogP contribution in [0.1, 0.15) is 71.7 Å². The lowest BCUT2D eigenvalue weighted by molar-refractivity contribution is -0.137. The van der Waals surface area contributed by atoms with Crippen molar-refractivity contribution in [3.8, 4) is 5.75 Å². The maximum absolute atomic E-state index is 15.3. The Bertz CT molecular complexity index is 1360. The van der Waals surface area contributed by atoms with Crippen molar-refractivity contribution >= 4 is 30.3 Å². The summed E-state index contributed by atoms with van der Waals surface area (Å²) in [4.78, 5) is 30.5. The molecule has 0 saturated heterocycles. The van der Waals surface area contributed by atoms with E-state index in [0.29, 0.717) is 50.6 Å². The number of benzene rings is 1. The molecule has 37 heavy (non-hydrogen) atoms. The standard InChI is InChI=1S/C28H34BFN2O5/c1-10-36-27(34)22-16(5)25(31-18(22)7)24(21-14(3)12-20(33)13-15(21)4)26-17(6)23(28(35)37-11-2)19(8)32(26)29(9)30/h12-13,33H,10-11H2,1-9H3/b25-24-. The summed E-state index contributed by atoms with van der Waals surface area (Å²) < 4.78 is 27.4. The molecule has 0 saturated carbocycles. The number of nitrogens with zero attached hydrogens (tertiary/aromatic N) is 2. The van der Waals surface area contributed by atoms with E-state index in [0.717, 1.165) is 16.7 Å². The van der Waals surface area contributed by atoms with Crippen LogP contribution in [0.2, 0.25) is 6.82 Å². The summed E-state index contributed by atoms with van der Waals surface area (Å²) in [7, 11) is -1.48. The Morgan fingerprint density at radius 1 is 0.973 bits per heavy atom. The number of carbonyl (C=O) groups excluding carboxylic acids is 2. The summed E-state index contributed by atoms with van der Waals surface area (Å²) >= 11 is 0. The van der Waals surface area contributed by atoms with Crippen LogP contribution in [0.15, 0.2) is 34.0 Å². The van der Waals surface area contributed by atoms with E-state index in [1.165, 1.54) is 11.3 Å². The van der Waals surface area contributed by atoms with Gasteiger partial charge >= 0.3 is 19.1 Å². The van der Waals surface area contributed by atoms with Gasteiger partial charge in [0.1, 0.15) is 5.75 Å². The molecule has 9 heteroatoms. The number of phenols is 1. The quantitative estimate of drug-likeness (QED) is 0.386. The number of ether oxygens (including phenoxy) is 2. The van der Waals surface area contributed by atoms with Gasteiger partial charge in [0.05, 0.1) is 35.8 Å². The molecule has 196 valence electrons. The van der Waals surface area contributed by atoms with Crippen LogP contribution in [0.5, 0.6) is 5.75 Å². The van der Waals surface area contributed by atoms with Gasteiger partial charge in [-0.15, -0.1) is 0 Å². The average molecular weight is 508 g/mol. The van der Waals surface area contributed by atoms with Gasteiger partial charge in [-0.05, 0) is 102 Å². The number of rotatable bonds is 7. The van der Waals surface area contributed by atoms with Gasteiger partial charge in [0, 0.05) is 17.0 Å². The number of allylic oxidation sites excluding steroid dienone is 1. The highest BCUT2D eigenvalue weighted by Crippen LogP contribution is 2.43. The molecular formula is C28H34BFN2O5. The lowest BCUT2D eigenvalue weighted by Gasteiger charge is -2.21. The highest BCUT2D eigenvalue weighted by Gasteiger charge is 2.35. The van der Waals surface area contributed by atoms with Crippen LogP contribution in [-0.4, -0.2) is 47.6 Å². The number of aliphatic imine (C=N–C) groups is 1. The van der Waals surface area contributed by atoms with E-state index >= 15 is 4.32 Å². The molecule has 1 N–H and O–H groups in total. The fraction of sp³-hybridized carbons (Fsp3) is 0.393. The minimum atomic E-state index is -1.48. The monoisotopic (exact) mass is 508 g/mol. The smallest absolute Gasteiger partial charge is 0.462 e. The minimum Gasteiger partial charge on any atom is -0.508 e. The van der Waals surface area contributed by atoms with Crippen LogP contribution < -0.4 is 0 Å². The summed E-state index contributed by atoms with van der Waals surface area (Å²) in [5.74, 6) is -0.917. The molecule has 0 amide bonds. The molecule has 2 aromatic rings. The molecule has 7 nitrogen and oxygen atoms in total. The first kappa shape index (κ1) is 28.0. The van der Waals surface area contributed by atoms with Crippen LogP contribution in [0.25, 0.3) is 5.57 Å². The van der Waals surface area contributed by atoms with Crippen molar-refractivity contribution in [1.82, 2.24) is 4.48 Å². The third kappa shape index (κ3) is 4.87. The van der Waals surface area contributed by atoms with Crippen LogP contribution in [0.4, 0.5) is 4.32 Å². The van der Waals surface area contributed by atoms with Crippen molar-refractivity contribution in [2.24, 2.45) is 4.99 Å². The number of carbonyl (C=O) groups is 2. The van der Waals surface area contributed by atoms with Gasteiger partial charge in [-0.25, -0.2) is 9.59 Å². The Kier molecular flexibility index (Phi) is 8.15. The molecule has 0 atom stereocenters.